The molecule has 2 fully saturated rings. The van der Waals surface area contributed by atoms with Gasteiger partial charge >= 0.3 is 0 Å². The Kier molecular flexibility index (Phi) is 23.5. The summed E-state index contributed by atoms with van der Waals surface area (Å²) in [5.41, 5.74) is 13.2. The predicted octanol–water partition coefficient (Wildman–Crippen LogP) is -2.46. The summed E-state index contributed by atoms with van der Waals surface area (Å²) in [5, 5.41) is 45.3. The molecular weight excluding hydrogens is 1090 g/mol. The number of rotatable bonds is 30. The Morgan fingerprint density at radius 2 is 1.37 bits per heavy atom. The molecule has 0 spiro atoms. The normalized spacial score (nSPS) is 17.3. The molecule has 2 saturated heterocycles. The number of nitrogens with one attached hydrogen (secondary N) is 11. The van der Waals surface area contributed by atoms with Crippen molar-refractivity contribution in [1.29, 1.82) is 0 Å². The minimum Gasteiger partial charge on any atom is -0.508 e. The number of fused-ring (bicyclic) bond motifs is 1. The first-order valence-corrected chi connectivity index (χ1v) is 28.1. The lowest BCUT2D eigenvalue weighted by molar-refractivity contribution is -0.142. The van der Waals surface area contributed by atoms with Crippen LogP contribution in [0.4, 0.5) is 0 Å². The molecule has 4 heterocycles. The number of phenols is 1. The van der Waals surface area contributed by atoms with Crippen molar-refractivity contribution in [2.75, 3.05) is 26.2 Å². The van der Waals surface area contributed by atoms with Crippen molar-refractivity contribution in [2.45, 2.75) is 146 Å². The highest BCUT2D eigenvalue weighted by atomic mass is 16.3. The van der Waals surface area contributed by atoms with Crippen LogP contribution in [0.5, 0.6) is 5.75 Å². The van der Waals surface area contributed by atoms with Crippen molar-refractivity contribution in [3.8, 4) is 5.75 Å². The van der Waals surface area contributed by atoms with Gasteiger partial charge in [0.25, 0.3) is 0 Å². The Labute approximate surface area is 485 Å². The average Bonchev–Trinajstić information content (AvgIpc) is 4.48. The van der Waals surface area contributed by atoms with Crippen LogP contribution in [0, 0.1) is 5.92 Å². The Bertz CT molecular complexity index is 2980. The molecule has 9 unspecified atom stereocenters. The van der Waals surface area contributed by atoms with Gasteiger partial charge in [-0.05, 0) is 87.6 Å². The molecule has 2 aliphatic rings. The van der Waals surface area contributed by atoms with E-state index < -0.39 is 108 Å². The average molecular weight is 1170 g/mol. The molecule has 2 aliphatic heterocycles. The summed E-state index contributed by atoms with van der Waals surface area (Å²) in [6.07, 6.45) is 5.75. The van der Waals surface area contributed by atoms with Gasteiger partial charge < -0.3 is 84.4 Å². The molecule has 28 nitrogen and oxygen atoms in total. The van der Waals surface area contributed by atoms with Crippen LogP contribution >= 0.6 is 0 Å². The number of imidazole rings is 1. The number of nitrogens with two attached hydrogens (primary N) is 2. The SMILES string of the molecule is CCNC(=O)C1CCCN1C(=O)C(CCCN=C(N)N)NC(=O)C(CC(C)C)NC(=O)C(C)NC(=O)C(Cc1ccc(O)cc1)NC(=O)C(CO)NC(=O)C(Cc1c[nH]c2ccccc12)NC(=O)C(Cc1cnc[nH]1)NC(=O)C1CCC(=O)N1. The van der Waals surface area contributed by atoms with Crippen molar-refractivity contribution in [2.24, 2.45) is 22.4 Å². The highest BCUT2D eigenvalue weighted by Crippen LogP contribution is 2.22. The Morgan fingerprint density at radius 1 is 0.738 bits per heavy atom. The van der Waals surface area contributed by atoms with Crippen LogP contribution in [0.25, 0.3) is 10.9 Å². The molecule has 17 N–H and O–H groups in total. The fourth-order valence-electron chi connectivity index (χ4n) is 9.93. The molecule has 454 valence electrons. The van der Waals surface area contributed by atoms with E-state index in [9.17, 15) is 58.2 Å². The first-order chi connectivity index (χ1) is 40.1. The van der Waals surface area contributed by atoms with Gasteiger partial charge in [0.1, 0.15) is 60.1 Å². The maximum Gasteiger partial charge on any atom is 0.245 e. The third-order valence-corrected chi connectivity index (χ3v) is 14.3. The summed E-state index contributed by atoms with van der Waals surface area (Å²) in [6.45, 7) is 6.52. The van der Waals surface area contributed by atoms with E-state index >= 15 is 0 Å². The summed E-state index contributed by atoms with van der Waals surface area (Å²) in [7, 11) is 0. The topological polar surface area (TPSA) is 432 Å². The van der Waals surface area contributed by atoms with Crippen molar-refractivity contribution in [3.63, 3.8) is 0 Å². The van der Waals surface area contributed by atoms with Crippen LogP contribution < -0.4 is 59.3 Å². The molecule has 2 aromatic carbocycles. The number of hydrogen-bond acceptors (Lipinski definition) is 14. The highest BCUT2D eigenvalue weighted by Gasteiger charge is 2.39. The lowest BCUT2D eigenvalue weighted by Gasteiger charge is -2.30. The van der Waals surface area contributed by atoms with Gasteiger partial charge in [-0.2, -0.15) is 0 Å². The van der Waals surface area contributed by atoms with E-state index in [0.717, 1.165) is 5.52 Å². The Morgan fingerprint density at radius 3 is 2.01 bits per heavy atom. The third-order valence-electron chi connectivity index (χ3n) is 14.3. The quantitative estimate of drug-likeness (QED) is 0.0146. The molecule has 6 rings (SSSR count). The number of aliphatic hydroxyl groups excluding tert-OH is 1. The lowest BCUT2D eigenvalue weighted by Crippen LogP contribution is -2.61. The molecule has 28 heteroatoms. The second kappa shape index (κ2) is 30.8. The maximum atomic E-state index is 14.5. The number of aliphatic imine (C=N–C) groups is 1. The number of nitrogens with zero attached hydrogens (tertiary/aromatic N) is 3. The largest absolute Gasteiger partial charge is 0.508 e. The van der Waals surface area contributed by atoms with Gasteiger partial charge in [-0.1, -0.05) is 44.2 Å². The van der Waals surface area contributed by atoms with Gasteiger partial charge in [0.15, 0.2) is 5.96 Å². The number of guanidine groups is 1. The standard InChI is InChI=1S/C56H78N16O12/c1-5-60-54(83)45-13-9-21-72(45)55(84)39(12-8-20-61-56(57)58)66-50(79)40(22-30(2)3)67-47(76)31(4)64-49(78)41(23-32-14-16-35(74)17-15-32)68-53(82)44(28-73)71-51(80)42(24-33-26-62-37-11-7-6-10-36(33)37)69-52(81)43(25-34-27-59-29-63-34)70-48(77)38-18-19-46(75)65-38/h6-7,10-11,14-17,26-27,29-31,38-45,62,73-74H,5,8-9,12-13,18-25,28H2,1-4H3,(H,59,63)(H,60,83)(H,64,78)(H,65,75)(H,66,79)(H,67,76)(H,68,82)(H,69,81)(H,70,77)(H,71,80)(H4,57,58,61). The van der Waals surface area contributed by atoms with Crippen LogP contribution in [0.2, 0.25) is 0 Å². The maximum absolute atomic E-state index is 14.5. The third kappa shape index (κ3) is 18.5. The number of para-hydroxylation sites is 1. The zero-order valence-electron chi connectivity index (χ0n) is 47.5. The molecule has 9 atom stereocenters. The fraction of sp³-hybridized carbons (Fsp3) is 0.500. The van der Waals surface area contributed by atoms with Gasteiger partial charge in [-0.25, -0.2) is 4.98 Å². The highest BCUT2D eigenvalue weighted by molar-refractivity contribution is 5.99. The number of benzene rings is 2. The Balaban J connectivity index is 1.18. The van der Waals surface area contributed by atoms with Crippen LogP contribution in [0.3, 0.4) is 0 Å². The number of aromatic hydroxyl groups is 1. The molecule has 0 aliphatic carbocycles. The van der Waals surface area contributed by atoms with E-state index in [4.69, 9.17) is 11.5 Å². The number of likely N-dealkylation sites (tertiary alicyclic amines) is 1. The van der Waals surface area contributed by atoms with E-state index in [2.05, 4.69) is 67.8 Å². The smallest absolute Gasteiger partial charge is 0.245 e. The minimum absolute atomic E-state index is 0.0879. The number of amides is 10. The van der Waals surface area contributed by atoms with Crippen LogP contribution in [-0.4, -0.2) is 176 Å². The number of aliphatic hydroxyl groups is 1. The molecule has 84 heavy (non-hydrogen) atoms. The summed E-state index contributed by atoms with van der Waals surface area (Å²) in [6, 6.07) is 1.50. The van der Waals surface area contributed by atoms with E-state index in [1.807, 2.05) is 19.9 Å². The second-order valence-corrected chi connectivity index (χ2v) is 21.3. The fourth-order valence-corrected chi connectivity index (χ4v) is 9.93. The van der Waals surface area contributed by atoms with Crippen molar-refractivity contribution >= 4 is 75.9 Å². The zero-order chi connectivity index (χ0) is 61.0. The number of carbonyl (C=O) groups excluding carboxylic acids is 10. The van der Waals surface area contributed by atoms with Crippen LogP contribution in [-0.2, 0) is 67.2 Å². The number of hydrogen-bond donors (Lipinski definition) is 15. The van der Waals surface area contributed by atoms with Gasteiger partial charge in [0.2, 0.25) is 59.1 Å². The zero-order valence-corrected chi connectivity index (χ0v) is 47.5. The first-order valence-electron chi connectivity index (χ1n) is 28.1. The summed E-state index contributed by atoms with van der Waals surface area (Å²) >= 11 is 0. The van der Waals surface area contributed by atoms with Crippen molar-refractivity contribution in [1.82, 2.24) is 67.7 Å². The second-order valence-electron chi connectivity index (χ2n) is 21.3. The van der Waals surface area contributed by atoms with Gasteiger partial charge in [0, 0.05) is 74.3 Å². The van der Waals surface area contributed by atoms with Crippen molar-refractivity contribution < 1.29 is 58.2 Å². The monoisotopic (exact) mass is 1170 g/mol. The Hall–Kier alpha value is -9.08. The minimum atomic E-state index is -1.75. The number of likely N-dealkylation sites (N-methyl/N-ethyl adjacent to an activating group) is 1. The summed E-state index contributed by atoms with van der Waals surface area (Å²) < 4.78 is 0. The molecule has 0 bridgehead atoms. The summed E-state index contributed by atoms with van der Waals surface area (Å²) in [5.74, 6) is -7.43. The molecule has 2 aromatic heterocycles. The number of carbonyl (C=O) groups is 10. The summed E-state index contributed by atoms with van der Waals surface area (Å²) in [4.78, 5) is 153. The van der Waals surface area contributed by atoms with Crippen molar-refractivity contribution in [3.05, 3.63) is 84.1 Å². The lowest BCUT2D eigenvalue weighted by atomic mass is 10.0. The number of aromatic amines is 2. The molecule has 0 saturated carbocycles. The predicted molar refractivity (Wildman–Crippen MR) is 306 cm³/mol. The van der Waals surface area contributed by atoms with Gasteiger partial charge in [0.05, 0.1) is 12.9 Å². The van der Waals surface area contributed by atoms with Crippen LogP contribution in [0.15, 0.2) is 72.2 Å². The van der Waals surface area contributed by atoms with E-state index in [0.29, 0.717) is 41.6 Å². The van der Waals surface area contributed by atoms with Crippen LogP contribution in [0.1, 0.15) is 89.5 Å². The number of aromatic nitrogens is 3. The van der Waals surface area contributed by atoms with Gasteiger partial charge in [-0.15, -0.1) is 0 Å². The van der Waals surface area contributed by atoms with E-state index in [1.54, 1.807) is 31.3 Å². The number of H-pyrrole nitrogens is 2. The molecule has 0 radical (unpaired) electrons. The van der Waals surface area contributed by atoms with E-state index in [-0.39, 0.29) is 93.9 Å². The van der Waals surface area contributed by atoms with E-state index in [1.165, 1.54) is 48.6 Å². The molecule has 4 aromatic rings. The molecular formula is C56H78N16O12. The van der Waals surface area contributed by atoms with Gasteiger partial charge in [-0.3, -0.25) is 52.9 Å². The first kappa shape index (κ1) is 64.1. The molecule has 10 amide bonds. The number of phenolic OH excluding ortho intramolecular Hbond substituents is 1.